The van der Waals surface area contributed by atoms with E-state index in [2.05, 4.69) is 6.92 Å². The fourth-order valence-corrected chi connectivity index (χ4v) is 1.27. The maximum atomic E-state index is 11.2. The lowest BCUT2D eigenvalue weighted by Gasteiger charge is -2.39. The molecule has 1 unspecified atom stereocenters. The lowest BCUT2D eigenvalue weighted by molar-refractivity contribution is -0.144. The van der Waals surface area contributed by atoms with Gasteiger partial charge in [0.25, 0.3) is 0 Å². The van der Waals surface area contributed by atoms with Crippen molar-refractivity contribution in [2.45, 2.75) is 39.7 Å². The molecule has 0 saturated carbocycles. The lowest BCUT2D eigenvalue weighted by atomic mass is 9.84. The highest BCUT2D eigenvalue weighted by molar-refractivity contribution is 5.60. The van der Waals surface area contributed by atoms with E-state index in [1.54, 1.807) is 0 Å². The van der Waals surface area contributed by atoms with Crippen LogP contribution in [0.3, 0.4) is 0 Å². The first kappa shape index (κ1) is 12.3. The molecular weight excluding hydrogens is 196 g/mol. The molecule has 15 heavy (non-hydrogen) atoms. The van der Waals surface area contributed by atoms with E-state index in [0.29, 0.717) is 19.8 Å². The highest BCUT2D eigenvalue weighted by Crippen LogP contribution is 2.31. The summed E-state index contributed by atoms with van der Waals surface area (Å²) in [6.07, 6.45) is 1.12. The zero-order chi connectivity index (χ0) is 11.3. The average molecular weight is 216 g/mol. The summed E-state index contributed by atoms with van der Waals surface area (Å²) in [5.74, 6) is 0. The second-order valence-corrected chi connectivity index (χ2v) is 4.22. The summed E-state index contributed by atoms with van der Waals surface area (Å²) in [6, 6.07) is 0. The molecule has 88 valence electrons. The van der Waals surface area contributed by atoms with Crippen molar-refractivity contribution in [1.82, 2.24) is 0 Å². The second kappa shape index (κ2) is 5.35. The molecule has 1 aliphatic rings. The van der Waals surface area contributed by atoms with Crippen LogP contribution in [0.15, 0.2) is 0 Å². The fourth-order valence-electron chi connectivity index (χ4n) is 1.27. The topological polar surface area (TPSA) is 44.8 Å². The Kier molecular flexibility index (Phi) is 4.39. The van der Waals surface area contributed by atoms with Crippen LogP contribution in [0.4, 0.5) is 4.79 Å². The summed E-state index contributed by atoms with van der Waals surface area (Å²) >= 11 is 0. The first-order valence-electron chi connectivity index (χ1n) is 5.53. The van der Waals surface area contributed by atoms with Gasteiger partial charge < -0.3 is 14.2 Å². The van der Waals surface area contributed by atoms with Crippen LogP contribution < -0.4 is 0 Å². The van der Waals surface area contributed by atoms with Crippen molar-refractivity contribution >= 4 is 6.16 Å². The van der Waals surface area contributed by atoms with Gasteiger partial charge in [-0.15, -0.1) is 0 Å². The molecule has 4 nitrogen and oxygen atoms in total. The standard InChI is InChI=1S/C11H20O4/c1-4-9(3)15-10(12)14-8-11(5-2)6-13-7-11/h9H,4-8H2,1-3H3. The second-order valence-electron chi connectivity index (χ2n) is 4.22. The molecule has 1 heterocycles. The normalized spacial score (nSPS) is 20.2. The minimum Gasteiger partial charge on any atom is -0.434 e. The summed E-state index contributed by atoms with van der Waals surface area (Å²) in [5, 5.41) is 0. The van der Waals surface area contributed by atoms with Gasteiger partial charge in [0.15, 0.2) is 0 Å². The van der Waals surface area contributed by atoms with Crippen LogP contribution in [0.1, 0.15) is 33.6 Å². The van der Waals surface area contributed by atoms with Crippen molar-refractivity contribution in [1.29, 1.82) is 0 Å². The number of hydrogen-bond acceptors (Lipinski definition) is 4. The molecule has 0 spiro atoms. The molecule has 1 fully saturated rings. The van der Waals surface area contributed by atoms with Gasteiger partial charge in [0.2, 0.25) is 0 Å². The van der Waals surface area contributed by atoms with Gasteiger partial charge in [-0.3, -0.25) is 0 Å². The Morgan fingerprint density at radius 3 is 2.53 bits per heavy atom. The van der Waals surface area contributed by atoms with Gasteiger partial charge in [0.1, 0.15) is 12.7 Å². The van der Waals surface area contributed by atoms with Crippen LogP contribution in [0.2, 0.25) is 0 Å². The molecule has 1 atom stereocenters. The van der Waals surface area contributed by atoms with Crippen molar-refractivity contribution in [3.63, 3.8) is 0 Å². The fraction of sp³-hybridized carbons (Fsp3) is 0.909. The monoisotopic (exact) mass is 216 g/mol. The van der Waals surface area contributed by atoms with E-state index >= 15 is 0 Å². The molecule has 0 radical (unpaired) electrons. The number of carbonyl (C=O) groups is 1. The third kappa shape index (κ3) is 3.38. The average Bonchev–Trinajstić information content (AvgIpc) is 2.16. The maximum absolute atomic E-state index is 11.2. The third-order valence-electron chi connectivity index (χ3n) is 2.94. The SMILES string of the molecule is CCC(C)OC(=O)OCC1(CC)COC1. The molecule has 0 amide bonds. The molecule has 1 aliphatic heterocycles. The first-order chi connectivity index (χ1) is 7.12. The van der Waals surface area contributed by atoms with Crippen LogP contribution in [0.25, 0.3) is 0 Å². The lowest BCUT2D eigenvalue weighted by Crippen LogP contribution is -2.46. The van der Waals surface area contributed by atoms with Crippen molar-refractivity contribution in [2.24, 2.45) is 5.41 Å². The van der Waals surface area contributed by atoms with E-state index in [9.17, 15) is 4.79 Å². The molecule has 1 saturated heterocycles. The predicted octanol–water partition coefficient (Wildman–Crippen LogP) is 2.36. The molecule has 4 heteroatoms. The highest BCUT2D eigenvalue weighted by Gasteiger charge is 2.38. The zero-order valence-electron chi connectivity index (χ0n) is 9.75. The van der Waals surface area contributed by atoms with Crippen molar-refractivity contribution in [2.75, 3.05) is 19.8 Å². The van der Waals surface area contributed by atoms with Crippen molar-refractivity contribution in [3.8, 4) is 0 Å². The smallest absolute Gasteiger partial charge is 0.434 e. The van der Waals surface area contributed by atoms with Gasteiger partial charge in [0.05, 0.1) is 18.6 Å². The van der Waals surface area contributed by atoms with Crippen molar-refractivity contribution in [3.05, 3.63) is 0 Å². The Morgan fingerprint density at radius 1 is 1.47 bits per heavy atom. The van der Waals surface area contributed by atoms with Gasteiger partial charge in [-0.25, -0.2) is 4.79 Å². The van der Waals surface area contributed by atoms with Crippen molar-refractivity contribution < 1.29 is 19.0 Å². The van der Waals surface area contributed by atoms with Gasteiger partial charge >= 0.3 is 6.16 Å². The van der Waals surface area contributed by atoms with Gasteiger partial charge in [0, 0.05) is 0 Å². The molecule has 1 rings (SSSR count). The van der Waals surface area contributed by atoms with Crippen LogP contribution in [-0.4, -0.2) is 32.1 Å². The van der Waals surface area contributed by atoms with Gasteiger partial charge in [-0.2, -0.15) is 0 Å². The van der Waals surface area contributed by atoms with E-state index in [4.69, 9.17) is 14.2 Å². The first-order valence-corrected chi connectivity index (χ1v) is 5.53. The van der Waals surface area contributed by atoms with Crippen LogP contribution in [-0.2, 0) is 14.2 Å². The number of carbonyl (C=O) groups excluding carboxylic acids is 1. The highest BCUT2D eigenvalue weighted by atomic mass is 16.7. The Labute approximate surface area is 90.9 Å². The minimum absolute atomic E-state index is 0.0362. The Balaban J connectivity index is 2.21. The van der Waals surface area contributed by atoms with E-state index in [-0.39, 0.29) is 11.5 Å². The van der Waals surface area contributed by atoms with Gasteiger partial charge in [-0.1, -0.05) is 13.8 Å². The summed E-state index contributed by atoms with van der Waals surface area (Å²) in [4.78, 5) is 11.2. The maximum Gasteiger partial charge on any atom is 0.508 e. The third-order valence-corrected chi connectivity index (χ3v) is 2.94. The minimum atomic E-state index is -0.566. The van der Waals surface area contributed by atoms with E-state index in [1.165, 1.54) is 0 Å². The largest absolute Gasteiger partial charge is 0.508 e. The van der Waals surface area contributed by atoms with Crippen LogP contribution in [0.5, 0.6) is 0 Å². The van der Waals surface area contributed by atoms with Crippen LogP contribution in [0, 0.1) is 5.41 Å². The van der Waals surface area contributed by atoms with Crippen LogP contribution >= 0.6 is 0 Å². The van der Waals surface area contributed by atoms with E-state index in [0.717, 1.165) is 12.8 Å². The quantitative estimate of drug-likeness (QED) is 0.662. The summed E-state index contributed by atoms with van der Waals surface area (Å²) in [5.41, 5.74) is 0.0362. The zero-order valence-corrected chi connectivity index (χ0v) is 9.75. The number of rotatable bonds is 5. The Morgan fingerprint density at radius 2 is 2.13 bits per heavy atom. The number of hydrogen-bond donors (Lipinski definition) is 0. The summed E-state index contributed by atoms with van der Waals surface area (Å²) in [7, 11) is 0. The summed E-state index contributed by atoms with van der Waals surface area (Å²) < 4.78 is 15.2. The van der Waals surface area contributed by atoms with E-state index in [1.807, 2.05) is 13.8 Å². The molecule has 0 aromatic carbocycles. The molecule has 0 bridgehead atoms. The van der Waals surface area contributed by atoms with Gasteiger partial charge in [-0.05, 0) is 19.8 Å². The molecular formula is C11H20O4. The molecule has 0 N–H and O–H groups in total. The Bertz CT molecular complexity index is 205. The van der Waals surface area contributed by atoms with E-state index < -0.39 is 6.16 Å². The number of ether oxygens (including phenoxy) is 3. The Hall–Kier alpha value is -0.770. The predicted molar refractivity (Wildman–Crippen MR) is 55.7 cm³/mol. The molecule has 0 aromatic heterocycles. The molecule has 0 aliphatic carbocycles. The molecule has 0 aromatic rings. The summed E-state index contributed by atoms with van der Waals surface area (Å²) in [6.45, 7) is 7.65.